The van der Waals surface area contributed by atoms with E-state index in [-0.39, 0.29) is 6.04 Å². The minimum absolute atomic E-state index is 0.206. The Bertz CT molecular complexity index is 948. The molecule has 0 fully saturated rings. The topological polar surface area (TPSA) is 93.4 Å². The van der Waals surface area contributed by atoms with Gasteiger partial charge in [-0.1, -0.05) is 0 Å². The molecule has 0 atom stereocenters. The zero-order valence-corrected chi connectivity index (χ0v) is 14.9. The van der Waals surface area contributed by atoms with Gasteiger partial charge in [0.2, 0.25) is 0 Å². The molecule has 0 amide bonds. The summed E-state index contributed by atoms with van der Waals surface area (Å²) in [6.45, 7) is 7.18. The fraction of sp³-hybridized carbons (Fsp3) is 0.562. The van der Waals surface area contributed by atoms with Crippen LogP contribution in [0.2, 0.25) is 0 Å². The van der Waals surface area contributed by atoms with Crippen LogP contribution >= 0.6 is 11.3 Å². The maximum atomic E-state index is 12.8. The number of thiophene rings is 1. The van der Waals surface area contributed by atoms with Crippen molar-refractivity contribution in [3.05, 3.63) is 31.3 Å². The molecule has 7 nitrogen and oxygen atoms in total. The van der Waals surface area contributed by atoms with Crippen LogP contribution in [0.25, 0.3) is 10.2 Å². The van der Waals surface area contributed by atoms with Crippen LogP contribution in [0.3, 0.4) is 0 Å². The molecule has 0 unspecified atom stereocenters. The summed E-state index contributed by atoms with van der Waals surface area (Å²) in [6.07, 6.45) is 0.541. The summed E-state index contributed by atoms with van der Waals surface area (Å²) < 4.78 is 8.04. The SMILES string of the molecule is CC(C)n1c(=O)n(CC(=O)[O-])c(=O)c2c3c(sc21)COC(C)(C)C3. The summed E-state index contributed by atoms with van der Waals surface area (Å²) in [4.78, 5) is 37.9. The monoisotopic (exact) mass is 351 g/mol. The van der Waals surface area contributed by atoms with E-state index in [0.717, 1.165) is 15.0 Å². The van der Waals surface area contributed by atoms with Crippen LogP contribution in [0.1, 0.15) is 44.2 Å². The lowest BCUT2D eigenvalue weighted by Gasteiger charge is -2.29. The number of aliphatic carboxylic acids is 1. The highest BCUT2D eigenvalue weighted by Gasteiger charge is 2.32. The minimum atomic E-state index is -1.46. The lowest BCUT2D eigenvalue weighted by atomic mass is 9.94. The van der Waals surface area contributed by atoms with Crippen molar-refractivity contribution in [3.8, 4) is 0 Å². The van der Waals surface area contributed by atoms with Crippen molar-refractivity contribution in [2.45, 2.75) is 58.9 Å². The quantitative estimate of drug-likeness (QED) is 0.798. The molecule has 0 spiro atoms. The standard InChI is InChI=1S/C16H20N2O5S/c1-8(2)18-14-12(13(21)17(15(18)22)6-11(19)20)9-5-16(3,4)23-7-10(9)24-14/h8H,5-7H2,1-4H3,(H,19,20)/p-1. The molecule has 0 saturated carbocycles. The molecule has 3 heterocycles. The van der Waals surface area contributed by atoms with Gasteiger partial charge in [0.15, 0.2) is 0 Å². The number of carbonyl (C=O) groups is 1. The largest absolute Gasteiger partial charge is 0.548 e. The van der Waals surface area contributed by atoms with Gasteiger partial charge in [0.25, 0.3) is 5.56 Å². The minimum Gasteiger partial charge on any atom is -0.548 e. The normalized spacial score (nSPS) is 16.5. The number of carboxylic acid groups (broad SMARTS) is 1. The van der Waals surface area contributed by atoms with Crippen LogP contribution in [0.15, 0.2) is 9.59 Å². The number of fused-ring (bicyclic) bond motifs is 3. The lowest BCUT2D eigenvalue weighted by Crippen LogP contribution is -2.44. The van der Waals surface area contributed by atoms with Crippen LogP contribution in [0, 0.1) is 0 Å². The molecule has 0 N–H and O–H groups in total. The summed E-state index contributed by atoms with van der Waals surface area (Å²) in [7, 11) is 0. The molecule has 24 heavy (non-hydrogen) atoms. The maximum Gasteiger partial charge on any atom is 0.332 e. The molecule has 3 rings (SSSR count). The van der Waals surface area contributed by atoms with Crippen LogP contribution < -0.4 is 16.4 Å². The van der Waals surface area contributed by atoms with Crippen molar-refractivity contribution in [2.24, 2.45) is 0 Å². The van der Waals surface area contributed by atoms with Gasteiger partial charge >= 0.3 is 5.69 Å². The van der Waals surface area contributed by atoms with Gasteiger partial charge in [0.1, 0.15) is 4.83 Å². The number of hydrogen-bond donors (Lipinski definition) is 0. The zero-order valence-electron chi connectivity index (χ0n) is 14.0. The third kappa shape index (κ3) is 2.59. The highest BCUT2D eigenvalue weighted by atomic mass is 32.1. The van der Waals surface area contributed by atoms with Crippen molar-refractivity contribution in [3.63, 3.8) is 0 Å². The highest BCUT2D eigenvalue weighted by Crippen LogP contribution is 2.37. The van der Waals surface area contributed by atoms with E-state index in [0.29, 0.717) is 23.2 Å². The van der Waals surface area contributed by atoms with E-state index in [9.17, 15) is 19.5 Å². The van der Waals surface area contributed by atoms with E-state index in [2.05, 4.69) is 0 Å². The van der Waals surface area contributed by atoms with Crippen LogP contribution in [0.4, 0.5) is 0 Å². The van der Waals surface area contributed by atoms with E-state index in [1.807, 2.05) is 27.7 Å². The summed E-state index contributed by atoms with van der Waals surface area (Å²) >= 11 is 1.37. The van der Waals surface area contributed by atoms with Gasteiger partial charge in [0, 0.05) is 17.3 Å². The van der Waals surface area contributed by atoms with Gasteiger partial charge in [-0.15, -0.1) is 11.3 Å². The molecule has 0 bridgehead atoms. The number of nitrogens with zero attached hydrogens (tertiary/aromatic N) is 2. The average molecular weight is 351 g/mol. The molecule has 130 valence electrons. The Morgan fingerprint density at radius 2 is 2.04 bits per heavy atom. The Morgan fingerprint density at radius 3 is 2.62 bits per heavy atom. The lowest BCUT2D eigenvalue weighted by molar-refractivity contribution is -0.306. The molecule has 2 aromatic rings. The first-order chi connectivity index (χ1) is 11.1. The third-order valence-electron chi connectivity index (χ3n) is 4.19. The second kappa shape index (κ2) is 5.56. The number of ether oxygens (including phenoxy) is 1. The first kappa shape index (κ1) is 16.9. The fourth-order valence-electron chi connectivity index (χ4n) is 3.09. The number of rotatable bonds is 3. The fourth-order valence-corrected chi connectivity index (χ4v) is 4.44. The number of hydrogen-bond acceptors (Lipinski definition) is 6. The van der Waals surface area contributed by atoms with E-state index in [1.54, 1.807) is 0 Å². The summed E-state index contributed by atoms with van der Waals surface area (Å²) in [5.41, 5.74) is -0.736. The molecule has 8 heteroatoms. The molecule has 1 aliphatic rings. The van der Waals surface area contributed by atoms with Gasteiger partial charge < -0.3 is 14.6 Å². The summed E-state index contributed by atoms with van der Waals surface area (Å²) in [5, 5.41) is 11.4. The van der Waals surface area contributed by atoms with Gasteiger partial charge in [-0.3, -0.25) is 13.9 Å². The summed E-state index contributed by atoms with van der Waals surface area (Å²) in [6, 6.07) is -0.206. The predicted octanol–water partition coefficient (Wildman–Crippen LogP) is 0.407. The molecule has 1 aliphatic heterocycles. The molecule has 0 radical (unpaired) electrons. The molecule has 0 saturated heterocycles. The van der Waals surface area contributed by atoms with E-state index in [1.165, 1.54) is 15.9 Å². The Labute approximate surface area is 142 Å². The zero-order chi connectivity index (χ0) is 17.8. The Morgan fingerprint density at radius 1 is 1.38 bits per heavy atom. The van der Waals surface area contributed by atoms with E-state index in [4.69, 9.17) is 4.74 Å². The molecular weight excluding hydrogens is 332 g/mol. The van der Waals surface area contributed by atoms with E-state index >= 15 is 0 Å². The second-order valence-corrected chi connectivity index (χ2v) is 8.00. The van der Waals surface area contributed by atoms with Gasteiger partial charge in [-0.25, -0.2) is 4.79 Å². The Balaban J connectivity index is 2.43. The Kier molecular flexibility index (Phi) is 3.92. The van der Waals surface area contributed by atoms with Crippen molar-refractivity contribution >= 4 is 27.5 Å². The molecule has 0 aliphatic carbocycles. The Hall–Kier alpha value is -1.93. The van der Waals surface area contributed by atoms with Gasteiger partial charge in [-0.2, -0.15) is 0 Å². The number of aromatic nitrogens is 2. The maximum absolute atomic E-state index is 12.8. The molecule has 0 aromatic carbocycles. The average Bonchev–Trinajstić information content (AvgIpc) is 2.79. The van der Waals surface area contributed by atoms with Gasteiger partial charge in [-0.05, 0) is 33.3 Å². The van der Waals surface area contributed by atoms with Crippen molar-refractivity contribution in [1.29, 1.82) is 0 Å². The van der Waals surface area contributed by atoms with Crippen molar-refractivity contribution < 1.29 is 14.6 Å². The van der Waals surface area contributed by atoms with Crippen molar-refractivity contribution in [2.75, 3.05) is 0 Å². The molecular formula is C16H19N2O5S-. The van der Waals surface area contributed by atoms with Gasteiger partial charge in [0.05, 0.1) is 30.1 Å². The van der Waals surface area contributed by atoms with Crippen LogP contribution in [-0.2, 0) is 29.1 Å². The molecule has 2 aromatic heterocycles. The van der Waals surface area contributed by atoms with Crippen LogP contribution in [0.5, 0.6) is 0 Å². The van der Waals surface area contributed by atoms with E-state index < -0.39 is 29.4 Å². The second-order valence-electron chi connectivity index (χ2n) is 6.92. The summed E-state index contributed by atoms with van der Waals surface area (Å²) in [5.74, 6) is -1.46. The first-order valence-electron chi connectivity index (χ1n) is 7.76. The number of carbonyl (C=O) groups excluding carboxylic acids is 1. The highest BCUT2D eigenvalue weighted by molar-refractivity contribution is 7.18. The van der Waals surface area contributed by atoms with Crippen molar-refractivity contribution in [1.82, 2.24) is 9.13 Å². The van der Waals surface area contributed by atoms with Crippen LogP contribution in [-0.4, -0.2) is 20.7 Å². The third-order valence-corrected chi connectivity index (χ3v) is 5.39. The smallest absolute Gasteiger partial charge is 0.332 e. The number of carboxylic acids is 1. The first-order valence-corrected chi connectivity index (χ1v) is 8.57. The predicted molar refractivity (Wildman–Crippen MR) is 88.3 cm³/mol.